The monoisotopic (exact) mass is 164 g/mol. The third kappa shape index (κ3) is 1.34. The lowest BCUT2D eigenvalue weighted by Crippen LogP contribution is -2.19. The molecule has 1 aliphatic heterocycles. The molecule has 1 heterocycles. The van der Waals surface area contributed by atoms with E-state index in [4.69, 9.17) is 0 Å². The Morgan fingerprint density at radius 2 is 2.09 bits per heavy atom. The smallest absolute Gasteiger partial charge is 0.141 e. The first-order valence-corrected chi connectivity index (χ1v) is 4.90. The third-order valence-electron chi connectivity index (χ3n) is 1.88. The summed E-state index contributed by atoms with van der Waals surface area (Å²) < 4.78 is 0. The van der Waals surface area contributed by atoms with Crippen LogP contribution >= 0.6 is 8.58 Å². The van der Waals surface area contributed by atoms with E-state index < -0.39 is 0 Å². The fourth-order valence-corrected chi connectivity index (χ4v) is 2.44. The van der Waals surface area contributed by atoms with E-state index in [2.05, 4.69) is 12.1 Å². The van der Waals surface area contributed by atoms with Gasteiger partial charge >= 0.3 is 0 Å². The number of hydrogen-bond acceptors (Lipinski definition) is 1. The third-order valence-corrected chi connectivity index (χ3v) is 3.32. The molecule has 0 fully saturated rings. The summed E-state index contributed by atoms with van der Waals surface area (Å²) in [5.74, 6) is 0.391. The summed E-state index contributed by atoms with van der Waals surface area (Å²) in [7, 11) is 0.704. The molecule has 0 N–H and O–H groups in total. The molecule has 1 nitrogen and oxygen atoms in total. The van der Waals surface area contributed by atoms with Crippen molar-refractivity contribution >= 4 is 19.7 Å². The molecule has 0 spiro atoms. The van der Waals surface area contributed by atoms with Crippen LogP contribution in [0.4, 0.5) is 0 Å². The Bertz CT molecular complexity index is 293. The second kappa shape index (κ2) is 2.75. The highest BCUT2D eigenvalue weighted by Gasteiger charge is 2.13. The molecule has 0 aliphatic carbocycles. The first-order chi connectivity index (χ1) is 5.36. The number of carbonyl (C=O) groups is 1. The minimum Gasteiger partial charge on any atom is -0.299 e. The summed E-state index contributed by atoms with van der Waals surface area (Å²) in [6, 6.07) is 8.23. The number of Topliss-reactive ketones (excluding diaryl/α,β-unsaturated/α-hetero) is 1. The van der Waals surface area contributed by atoms with Crippen molar-refractivity contribution in [3.63, 3.8) is 0 Å². The van der Waals surface area contributed by atoms with E-state index in [1.54, 1.807) is 0 Å². The van der Waals surface area contributed by atoms with Crippen molar-refractivity contribution in [2.45, 2.75) is 6.42 Å². The zero-order valence-electron chi connectivity index (χ0n) is 6.13. The summed E-state index contributed by atoms with van der Waals surface area (Å²) in [6.45, 7) is 0. The van der Waals surface area contributed by atoms with Crippen LogP contribution < -0.4 is 5.30 Å². The van der Waals surface area contributed by atoms with Crippen LogP contribution in [0.25, 0.3) is 0 Å². The second-order valence-electron chi connectivity index (χ2n) is 2.73. The van der Waals surface area contributed by atoms with Gasteiger partial charge in [0.25, 0.3) is 0 Å². The standard InChI is InChI=1S/C9H9OP/c10-8-5-7-3-1-2-4-9(7)11-6-8/h1-4,11H,5-6H2. The largest absolute Gasteiger partial charge is 0.299 e. The molecule has 0 saturated heterocycles. The maximum Gasteiger partial charge on any atom is 0.141 e. The van der Waals surface area contributed by atoms with Gasteiger partial charge in [-0.15, -0.1) is 0 Å². The first-order valence-electron chi connectivity index (χ1n) is 3.70. The van der Waals surface area contributed by atoms with E-state index in [0.717, 1.165) is 6.16 Å². The lowest BCUT2D eigenvalue weighted by atomic mass is 10.1. The maximum absolute atomic E-state index is 11.0. The Labute approximate surface area is 67.6 Å². The van der Waals surface area contributed by atoms with Crippen LogP contribution in [0.15, 0.2) is 24.3 Å². The van der Waals surface area contributed by atoms with Crippen LogP contribution in [0.5, 0.6) is 0 Å². The number of carbonyl (C=O) groups excluding carboxylic acids is 1. The lowest BCUT2D eigenvalue weighted by Gasteiger charge is -2.13. The molecule has 1 aromatic rings. The van der Waals surface area contributed by atoms with Crippen LogP contribution in [0.1, 0.15) is 5.56 Å². The molecule has 0 aromatic heterocycles. The van der Waals surface area contributed by atoms with Crippen LogP contribution in [0, 0.1) is 0 Å². The van der Waals surface area contributed by atoms with E-state index in [1.165, 1.54) is 10.9 Å². The number of hydrogen-bond donors (Lipinski definition) is 0. The van der Waals surface area contributed by atoms with Crippen LogP contribution in [-0.2, 0) is 11.2 Å². The van der Waals surface area contributed by atoms with E-state index >= 15 is 0 Å². The van der Waals surface area contributed by atoms with Gasteiger partial charge in [-0.05, 0) is 10.9 Å². The molecule has 1 aromatic carbocycles. The minimum absolute atomic E-state index is 0.391. The van der Waals surface area contributed by atoms with Crippen molar-refractivity contribution < 1.29 is 4.79 Å². The van der Waals surface area contributed by atoms with Crippen molar-refractivity contribution in [1.29, 1.82) is 0 Å². The highest BCUT2D eigenvalue weighted by molar-refractivity contribution is 7.48. The van der Waals surface area contributed by atoms with E-state index in [0.29, 0.717) is 20.8 Å². The summed E-state index contributed by atoms with van der Waals surface area (Å²) in [6.07, 6.45) is 1.42. The maximum atomic E-state index is 11.0. The van der Waals surface area contributed by atoms with Gasteiger partial charge in [0.05, 0.1) is 0 Å². The van der Waals surface area contributed by atoms with Crippen LogP contribution in [0.3, 0.4) is 0 Å². The molecule has 56 valence electrons. The predicted molar refractivity (Wildman–Crippen MR) is 48.0 cm³/mol. The lowest BCUT2D eigenvalue weighted by molar-refractivity contribution is -0.116. The van der Waals surface area contributed by atoms with Gasteiger partial charge in [-0.2, -0.15) is 0 Å². The first kappa shape index (κ1) is 7.00. The number of fused-ring (bicyclic) bond motifs is 1. The highest BCUT2D eigenvalue weighted by atomic mass is 31.1. The SMILES string of the molecule is O=C1CPc2ccccc2C1. The van der Waals surface area contributed by atoms with Crippen molar-refractivity contribution in [1.82, 2.24) is 0 Å². The topological polar surface area (TPSA) is 17.1 Å². The molecule has 2 heteroatoms. The van der Waals surface area contributed by atoms with E-state index in [9.17, 15) is 4.79 Å². The second-order valence-corrected chi connectivity index (χ2v) is 3.97. The average Bonchev–Trinajstić information content (AvgIpc) is 2.04. The normalized spacial score (nSPS) is 18.4. The van der Waals surface area contributed by atoms with Gasteiger partial charge in [-0.25, -0.2) is 0 Å². The van der Waals surface area contributed by atoms with E-state index in [-0.39, 0.29) is 0 Å². The summed E-state index contributed by atoms with van der Waals surface area (Å²) >= 11 is 0. The van der Waals surface area contributed by atoms with Gasteiger partial charge in [0.1, 0.15) is 5.78 Å². The molecule has 0 saturated carbocycles. The van der Waals surface area contributed by atoms with Gasteiger partial charge in [0.2, 0.25) is 0 Å². The van der Waals surface area contributed by atoms with Crippen molar-refractivity contribution in [2.24, 2.45) is 0 Å². The summed E-state index contributed by atoms with van der Waals surface area (Å²) in [5, 5.41) is 1.38. The quantitative estimate of drug-likeness (QED) is 0.525. The van der Waals surface area contributed by atoms with E-state index in [1.807, 2.05) is 12.1 Å². The molecular formula is C9H9OP. The molecule has 1 atom stereocenters. The van der Waals surface area contributed by atoms with Gasteiger partial charge in [-0.3, -0.25) is 4.79 Å². The van der Waals surface area contributed by atoms with Crippen LogP contribution in [-0.4, -0.2) is 11.9 Å². The number of benzene rings is 1. The van der Waals surface area contributed by atoms with Crippen molar-refractivity contribution in [3.05, 3.63) is 29.8 Å². The van der Waals surface area contributed by atoms with Crippen molar-refractivity contribution in [2.75, 3.05) is 6.16 Å². The van der Waals surface area contributed by atoms with Gasteiger partial charge in [0.15, 0.2) is 0 Å². The summed E-state index contributed by atoms with van der Waals surface area (Å²) in [5.41, 5.74) is 1.24. The molecule has 0 amide bonds. The average molecular weight is 164 g/mol. The molecule has 2 rings (SSSR count). The van der Waals surface area contributed by atoms with Gasteiger partial charge < -0.3 is 0 Å². The fourth-order valence-electron chi connectivity index (χ4n) is 1.32. The van der Waals surface area contributed by atoms with Crippen molar-refractivity contribution in [3.8, 4) is 0 Å². The molecule has 0 bridgehead atoms. The Morgan fingerprint density at radius 1 is 1.27 bits per heavy atom. The molecule has 11 heavy (non-hydrogen) atoms. The summed E-state index contributed by atoms with van der Waals surface area (Å²) in [4.78, 5) is 11.0. The van der Waals surface area contributed by atoms with Gasteiger partial charge in [0, 0.05) is 12.6 Å². The Hall–Kier alpha value is -0.680. The molecule has 1 unspecified atom stereocenters. The van der Waals surface area contributed by atoms with Crippen LogP contribution in [0.2, 0.25) is 0 Å². The molecular weight excluding hydrogens is 155 g/mol. The Kier molecular flexibility index (Phi) is 1.75. The Morgan fingerprint density at radius 3 is 3.00 bits per heavy atom. The zero-order valence-corrected chi connectivity index (χ0v) is 7.13. The minimum atomic E-state index is 0.391. The fraction of sp³-hybridized carbons (Fsp3) is 0.222. The predicted octanol–water partition coefficient (Wildman–Crippen LogP) is 1.12. The number of rotatable bonds is 0. The molecule has 1 aliphatic rings. The zero-order chi connectivity index (χ0) is 7.68. The Balaban J connectivity index is 2.41. The molecule has 0 radical (unpaired) electrons. The van der Waals surface area contributed by atoms with Gasteiger partial charge in [-0.1, -0.05) is 32.8 Å². The highest BCUT2D eigenvalue weighted by Crippen LogP contribution is 2.19. The number of ketones is 1.